The Hall–Kier alpha value is -3.94. The van der Waals surface area contributed by atoms with Crippen LogP contribution in [-0.2, 0) is 6.42 Å². The number of methoxy groups -OCH3 is 2. The minimum Gasteiger partial charge on any atom is -0.497 e. The van der Waals surface area contributed by atoms with Crippen LogP contribution in [0.2, 0.25) is 0 Å². The quantitative estimate of drug-likeness (QED) is 0.327. The number of Topliss-reactive ketones (excluding diaryl/α,β-unsaturated/α-hetero) is 1. The molecule has 1 heterocycles. The maximum atomic E-state index is 12.6. The Kier molecular flexibility index (Phi) is 8.35. The summed E-state index contributed by atoms with van der Waals surface area (Å²) in [4.78, 5) is 35.0. The summed E-state index contributed by atoms with van der Waals surface area (Å²) >= 11 is 0. The number of amides is 1. The van der Waals surface area contributed by atoms with Crippen LogP contribution in [0.3, 0.4) is 0 Å². The highest BCUT2D eigenvalue weighted by molar-refractivity contribution is 5.97. The number of carbonyl (C=O) groups is 2. The van der Waals surface area contributed by atoms with Gasteiger partial charge in [0.15, 0.2) is 5.78 Å². The Bertz CT molecular complexity index is 1070. The first kappa shape index (κ1) is 23.7. The van der Waals surface area contributed by atoms with E-state index < -0.39 is 0 Å². The third-order valence-corrected chi connectivity index (χ3v) is 4.98. The molecule has 0 radical (unpaired) electrons. The van der Waals surface area contributed by atoms with Gasteiger partial charge >= 0.3 is 0 Å². The van der Waals surface area contributed by atoms with E-state index in [2.05, 4.69) is 9.97 Å². The number of benzene rings is 2. The second kappa shape index (κ2) is 11.6. The first-order chi connectivity index (χ1) is 16.0. The molecule has 1 amide bonds. The van der Waals surface area contributed by atoms with Gasteiger partial charge in [0.1, 0.15) is 23.1 Å². The lowest BCUT2D eigenvalue weighted by Crippen LogP contribution is -2.29. The molecular formula is C25H27N3O5. The van der Waals surface area contributed by atoms with E-state index in [0.717, 1.165) is 11.5 Å². The lowest BCUT2D eigenvalue weighted by Gasteiger charge is -2.17. The van der Waals surface area contributed by atoms with E-state index in [9.17, 15) is 9.59 Å². The predicted octanol–water partition coefficient (Wildman–Crippen LogP) is 3.46. The Balaban J connectivity index is 1.46. The fourth-order valence-corrected chi connectivity index (χ4v) is 3.08. The molecule has 0 N–H and O–H groups in total. The molecule has 0 aliphatic rings. The van der Waals surface area contributed by atoms with Gasteiger partial charge in [-0.25, -0.2) is 9.97 Å². The highest BCUT2D eigenvalue weighted by Gasteiger charge is 2.14. The molecule has 8 heteroatoms. The van der Waals surface area contributed by atoms with Crippen molar-refractivity contribution in [2.75, 3.05) is 34.4 Å². The standard InChI is InChI=1S/C25H27N3O5/c1-28(12-5-13-33-22-7-4-6-21(14-22)32-3)25(30)19-16-26-24(27-17-19)15-23(29)18-8-10-20(31-2)11-9-18/h4,6-11,14,16-17H,5,12-13,15H2,1-3H3. The van der Waals surface area contributed by atoms with Gasteiger partial charge in [-0.05, 0) is 42.8 Å². The zero-order valence-electron chi connectivity index (χ0n) is 19.0. The second-order valence-corrected chi connectivity index (χ2v) is 7.32. The SMILES string of the molecule is COc1ccc(C(=O)Cc2ncc(C(=O)N(C)CCCOc3cccc(OC)c3)cn2)cc1. The molecular weight excluding hydrogens is 422 g/mol. The van der Waals surface area contributed by atoms with Crippen molar-refractivity contribution in [3.8, 4) is 17.2 Å². The van der Waals surface area contributed by atoms with Crippen molar-refractivity contribution in [3.05, 3.63) is 77.9 Å². The van der Waals surface area contributed by atoms with Crippen molar-refractivity contribution in [3.63, 3.8) is 0 Å². The Morgan fingerprint density at radius 3 is 2.21 bits per heavy atom. The molecule has 33 heavy (non-hydrogen) atoms. The molecule has 3 aromatic rings. The van der Waals surface area contributed by atoms with Crippen molar-refractivity contribution in [1.29, 1.82) is 0 Å². The zero-order valence-corrected chi connectivity index (χ0v) is 19.0. The molecule has 0 atom stereocenters. The van der Waals surface area contributed by atoms with Crippen LogP contribution >= 0.6 is 0 Å². The first-order valence-corrected chi connectivity index (χ1v) is 10.5. The van der Waals surface area contributed by atoms with E-state index in [4.69, 9.17) is 14.2 Å². The molecule has 0 spiro atoms. The maximum absolute atomic E-state index is 12.6. The number of hydrogen-bond acceptors (Lipinski definition) is 7. The summed E-state index contributed by atoms with van der Waals surface area (Å²) in [5, 5.41) is 0. The van der Waals surface area contributed by atoms with E-state index in [0.29, 0.717) is 42.3 Å². The molecule has 0 saturated heterocycles. The number of nitrogens with zero attached hydrogens (tertiary/aromatic N) is 3. The summed E-state index contributed by atoms with van der Waals surface area (Å²) in [5.41, 5.74) is 0.919. The van der Waals surface area contributed by atoms with Crippen molar-refractivity contribution >= 4 is 11.7 Å². The van der Waals surface area contributed by atoms with Gasteiger partial charge in [-0.15, -0.1) is 0 Å². The largest absolute Gasteiger partial charge is 0.497 e. The van der Waals surface area contributed by atoms with E-state index in [1.807, 2.05) is 24.3 Å². The van der Waals surface area contributed by atoms with E-state index in [1.165, 1.54) is 12.4 Å². The molecule has 0 bridgehead atoms. The van der Waals surface area contributed by atoms with Crippen LogP contribution < -0.4 is 14.2 Å². The smallest absolute Gasteiger partial charge is 0.256 e. The number of aromatic nitrogens is 2. The van der Waals surface area contributed by atoms with Gasteiger partial charge in [-0.2, -0.15) is 0 Å². The highest BCUT2D eigenvalue weighted by Crippen LogP contribution is 2.19. The number of hydrogen-bond donors (Lipinski definition) is 0. The lowest BCUT2D eigenvalue weighted by atomic mass is 10.1. The van der Waals surface area contributed by atoms with Crippen molar-refractivity contribution in [2.45, 2.75) is 12.8 Å². The fourth-order valence-electron chi connectivity index (χ4n) is 3.08. The summed E-state index contributed by atoms with van der Waals surface area (Å²) in [7, 11) is 4.89. The van der Waals surface area contributed by atoms with E-state index in [1.54, 1.807) is 50.4 Å². The first-order valence-electron chi connectivity index (χ1n) is 10.5. The van der Waals surface area contributed by atoms with E-state index >= 15 is 0 Å². The number of ether oxygens (including phenoxy) is 3. The number of ketones is 1. The molecule has 0 aliphatic carbocycles. The highest BCUT2D eigenvalue weighted by atomic mass is 16.5. The van der Waals surface area contributed by atoms with Crippen molar-refractivity contribution < 1.29 is 23.8 Å². The molecule has 0 fully saturated rings. The Morgan fingerprint density at radius 2 is 1.55 bits per heavy atom. The summed E-state index contributed by atoms with van der Waals surface area (Å²) in [6.07, 6.45) is 3.62. The van der Waals surface area contributed by atoms with Crippen molar-refractivity contribution in [1.82, 2.24) is 14.9 Å². The van der Waals surface area contributed by atoms with Crippen LogP contribution in [0.5, 0.6) is 17.2 Å². The monoisotopic (exact) mass is 449 g/mol. The topological polar surface area (TPSA) is 90.9 Å². The summed E-state index contributed by atoms with van der Waals surface area (Å²) < 4.78 is 16.0. The van der Waals surface area contributed by atoms with Gasteiger partial charge in [0, 0.05) is 37.6 Å². The lowest BCUT2D eigenvalue weighted by molar-refractivity contribution is 0.0787. The summed E-state index contributed by atoms with van der Waals surface area (Å²) in [6.45, 7) is 0.980. The Labute approximate surface area is 193 Å². The molecule has 2 aromatic carbocycles. The molecule has 0 aliphatic heterocycles. The predicted molar refractivity (Wildman–Crippen MR) is 123 cm³/mol. The average molecular weight is 450 g/mol. The van der Waals surface area contributed by atoms with Gasteiger partial charge in [-0.3, -0.25) is 9.59 Å². The van der Waals surface area contributed by atoms with Gasteiger partial charge in [0.25, 0.3) is 5.91 Å². The second-order valence-electron chi connectivity index (χ2n) is 7.32. The summed E-state index contributed by atoms with van der Waals surface area (Å²) in [5.74, 6) is 2.20. The number of rotatable bonds is 11. The molecule has 172 valence electrons. The molecule has 0 unspecified atom stereocenters. The van der Waals surface area contributed by atoms with E-state index in [-0.39, 0.29) is 18.1 Å². The van der Waals surface area contributed by atoms with Gasteiger partial charge < -0.3 is 19.1 Å². The molecule has 0 saturated carbocycles. The fraction of sp³-hybridized carbons (Fsp3) is 0.280. The van der Waals surface area contributed by atoms with Crippen LogP contribution in [0.4, 0.5) is 0 Å². The zero-order chi connectivity index (χ0) is 23.6. The van der Waals surface area contributed by atoms with Crippen LogP contribution in [0.25, 0.3) is 0 Å². The molecule has 3 rings (SSSR count). The van der Waals surface area contributed by atoms with Gasteiger partial charge in [-0.1, -0.05) is 6.07 Å². The normalized spacial score (nSPS) is 10.4. The minimum atomic E-state index is -0.190. The third-order valence-electron chi connectivity index (χ3n) is 4.98. The number of carbonyl (C=O) groups excluding carboxylic acids is 2. The molecule has 8 nitrogen and oxygen atoms in total. The Morgan fingerprint density at radius 1 is 0.879 bits per heavy atom. The van der Waals surface area contributed by atoms with Crippen LogP contribution in [0.1, 0.15) is 33.0 Å². The van der Waals surface area contributed by atoms with Crippen molar-refractivity contribution in [2.24, 2.45) is 0 Å². The summed E-state index contributed by atoms with van der Waals surface area (Å²) in [6, 6.07) is 14.2. The van der Waals surface area contributed by atoms with Gasteiger partial charge in [0.05, 0.1) is 32.8 Å². The maximum Gasteiger partial charge on any atom is 0.256 e. The van der Waals surface area contributed by atoms with Crippen LogP contribution in [0.15, 0.2) is 60.9 Å². The minimum absolute atomic E-state index is 0.0538. The average Bonchev–Trinajstić information content (AvgIpc) is 2.86. The van der Waals surface area contributed by atoms with Gasteiger partial charge in [0.2, 0.25) is 0 Å². The van der Waals surface area contributed by atoms with Crippen LogP contribution in [-0.4, -0.2) is 61.0 Å². The third kappa shape index (κ3) is 6.77. The van der Waals surface area contributed by atoms with Crippen LogP contribution in [0, 0.1) is 0 Å². The molecule has 1 aromatic heterocycles.